The molecule has 2 aromatic rings. The summed E-state index contributed by atoms with van der Waals surface area (Å²) in [5.74, 6) is 0.627. The number of carbonyl (C=O) groups excluding carboxylic acids is 1. The lowest BCUT2D eigenvalue weighted by atomic mass is 10.1. The molecule has 0 N–H and O–H groups in total. The Morgan fingerprint density at radius 1 is 1.25 bits per heavy atom. The van der Waals surface area contributed by atoms with Gasteiger partial charge in [-0.05, 0) is 37.1 Å². The first kappa shape index (κ1) is 16.4. The molecular weight excluding hydrogens is 307 g/mol. The summed E-state index contributed by atoms with van der Waals surface area (Å²) in [4.78, 5) is 16.2. The molecule has 0 saturated carbocycles. The summed E-state index contributed by atoms with van der Waals surface area (Å²) in [6.07, 6.45) is 0.744. The van der Waals surface area contributed by atoms with E-state index in [0.717, 1.165) is 24.6 Å². The van der Waals surface area contributed by atoms with Gasteiger partial charge in [0.2, 0.25) is 5.91 Å². The molecule has 0 atom stereocenters. The number of amides is 1. The van der Waals surface area contributed by atoms with Gasteiger partial charge in [0.15, 0.2) is 5.82 Å². The molecule has 126 valence electrons. The van der Waals surface area contributed by atoms with Crippen LogP contribution in [0.3, 0.4) is 0 Å². The highest BCUT2D eigenvalue weighted by Crippen LogP contribution is 2.21. The van der Waals surface area contributed by atoms with Gasteiger partial charge in [0.25, 0.3) is 0 Å². The molecule has 3 rings (SSSR count). The number of benzene rings is 1. The second kappa shape index (κ2) is 6.95. The van der Waals surface area contributed by atoms with Crippen LogP contribution in [0.5, 0.6) is 0 Å². The molecule has 1 aliphatic heterocycles. The lowest BCUT2D eigenvalue weighted by Gasteiger charge is -2.44. The van der Waals surface area contributed by atoms with Gasteiger partial charge in [0.1, 0.15) is 5.82 Å². The van der Waals surface area contributed by atoms with E-state index in [1.54, 1.807) is 23.1 Å². The summed E-state index contributed by atoms with van der Waals surface area (Å²) in [5.41, 5.74) is 1.47. The van der Waals surface area contributed by atoms with Crippen LogP contribution in [0, 0.1) is 12.7 Å². The van der Waals surface area contributed by atoms with Gasteiger partial charge in [-0.15, -0.1) is 5.10 Å². The minimum atomic E-state index is -0.249. The van der Waals surface area contributed by atoms with Gasteiger partial charge in [-0.3, -0.25) is 4.79 Å². The number of nitrogens with zero attached hydrogens (tertiary/aromatic N) is 4. The van der Waals surface area contributed by atoms with Crippen LogP contribution in [-0.4, -0.2) is 47.2 Å². The minimum Gasteiger partial charge on any atom is -0.351 e. The fourth-order valence-electron chi connectivity index (χ4n) is 2.77. The van der Waals surface area contributed by atoms with Crippen molar-refractivity contribution in [2.45, 2.75) is 25.8 Å². The zero-order valence-electron chi connectivity index (χ0n) is 13.9. The Hall–Kier alpha value is -2.50. The highest BCUT2D eigenvalue weighted by molar-refractivity contribution is 5.77. The Morgan fingerprint density at radius 2 is 2.00 bits per heavy atom. The maximum absolute atomic E-state index is 13.6. The maximum Gasteiger partial charge on any atom is 0.223 e. The lowest BCUT2D eigenvalue weighted by Crippen LogP contribution is -2.60. The Labute approximate surface area is 141 Å². The zero-order valence-corrected chi connectivity index (χ0v) is 13.9. The Balaban J connectivity index is 1.49. The van der Waals surface area contributed by atoms with Gasteiger partial charge in [0.05, 0.1) is 11.7 Å². The van der Waals surface area contributed by atoms with Crippen molar-refractivity contribution in [3.05, 3.63) is 53.5 Å². The van der Waals surface area contributed by atoms with Crippen molar-refractivity contribution in [3.63, 3.8) is 0 Å². The first-order valence-corrected chi connectivity index (χ1v) is 8.09. The monoisotopic (exact) mass is 328 g/mol. The van der Waals surface area contributed by atoms with E-state index in [-0.39, 0.29) is 17.8 Å². The van der Waals surface area contributed by atoms with Crippen LogP contribution in [0.1, 0.15) is 17.7 Å². The Morgan fingerprint density at radius 3 is 2.67 bits per heavy atom. The zero-order chi connectivity index (χ0) is 17.1. The van der Waals surface area contributed by atoms with Crippen molar-refractivity contribution in [1.29, 1.82) is 0 Å². The number of hydrogen-bond donors (Lipinski definition) is 0. The molecule has 0 aliphatic carbocycles. The third kappa shape index (κ3) is 3.53. The molecule has 0 spiro atoms. The van der Waals surface area contributed by atoms with Crippen LogP contribution >= 0.6 is 0 Å². The summed E-state index contributed by atoms with van der Waals surface area (Å²) < 4.78 is 13.6. The van der Waals surface area contributed by atoms with Gasteiger partial charge in [-0.1, -0.05) is 18.2 Å². The smallest absolute Gasteiger partial charge is 0.223 e. The Kier molecular flexibility index (Phi) is 4.74. The van der Waals surface area contributed by atoms with E-state index in [2.05, 4.69) is 15.1 Å². The number of rotatable bonds is 5. The molecule has 0 bridgehead atoms. The molecule has 1 aromatic heterocycles. The summed E-state index contributed by atoms with van der Waals surface area (Å²) in [7, 11) is 1.81. The van der Waals surface area contributed by atoms with Gasteiger partial charge in [-0.2, -0.15) is 5.10 Å². The number of hydrogen-bond acceptors (Lipinski definition) is 4. The van der Waals surface area contributed by atoms with E-state index in [1.165, 1.54) is 6.07 Å². The SMILES string of the molecule is Cc1ccc(N2CC(N(C)C(=O)CCc3ccccc3F)C2)nn1. The number of aromatic nitrogens is 2. The van der Waals surface area contributed by atoms with Crippen molar-refractivity contribution in [3.8, 4) is 0 Å². The molecule has 0 radical (unpaired) electrons. The van der Waals surface area contributed by atoms with Gasteiger partial charge >= 0.3 is 0 Å². The highest BCUT2D eigenvalue weighted by atomic mass is 19.1. The topological polar surface area (TPSA) is 49.3 Å². The van der Waals surface area contributed by atoms with Crippen LogP contribution in [0.4, 0.5) is 10.2 Å². The van der Waals surface area contributed by atoms with Crippen LogP contribution in [0.25, 0.3) is 0 Å². The number of likely N-dealkylation sites (N-methyl/N-ethyl adjacent to an activating group) is 1. The molecule has 1 amide bonds. The van der Waals surface area contributed by atoms with Gasteiger partial charge in [0, 0.05) is 26.6 Å². The molecule has 2 heterocycles. The molecule has 1 aliphatic rings. The third-order valence-electron chi connectivity index (χ3n) is 4.48. The summed E-state index contributed by atoms with van der Waals surface area (Å²) >= 11 is 0. The maximum atomic E-state index is 13.6. The highest BCUT2D eigenvalue weighted by Gasteiger charge is 2.33. The molecule has 0 unspecified atom stereocenters. The van der Waals surface area contributed by atoms with Crippen molar-refractivity contribution in [1.82, 2.24) is 15.1 Å². The number of halogens is 1. The largest absolute Gasteiger partial charge is 0.351 e. The minimum absolute atomic E-state index is 0.0397. The predicted octanol–water partition coefficient (Wildman–Crippen LogP) is 2.20. The summed E-state index contributed by atoms with van der Waals surface area (Å²) in [5, 5.41) is 8.21. The summed E-state index contributed by atoms with van der Waals surface area (Å²) in [6.45, 7) is 3.40. The first-order chi connectivity index (χ1) is 11.5. The average Bonchev–Trinajstić information content (AvgIpc) is 2.54. The van der Waals surface area contributed by atoms with Crippen molar-refractivity contribution < 1.29 is 9.18 Å². The van der Waals surface area contributed by atoms with Crippen LogP contribution in [-0.2, 0) is 11.2 Å². The molecule has 1 saturated heterocycles. The normalized spacial score (nSPS) is 14.4. The van der Waals surface area contributed by atoms with Crippen LogP contribution in [0.2, 0.25) is 0 Å². The van der Waals surface area contributed by atoms with E-state index >= 15 is 0 Å². The van der Waals surface area contributed by atoms with E-state index in [1.807, 2.05) is 26.1 Å². The van der Waals surface area contributed by atoms with Crippen LogP contribution in [0.15, 0.2) is 36.4 Å². The van der Waals surface area contributed by atoms with E-state index in [4.69, 9.17) is 0 Å². The fourth-order valence-corrected chi connectivity index (χ4v) is 2.77. The van der Waals surface area contributed by atoms with E-state index in [0.29, 0.717) is 18.4 Å². The quantitative estimate of drug-likeness (QED) is 0.844. The lowest BCUT2D eigenvalue weighted by molar-refractivity contribution is -0.132. The van der Waals surface area contributed by atoms with Crippen molar-refractivity contribution in [2.75, 3.05) is 25.0 Å². The number of aryl methyl sites for hydroxylation is 2. The second-order valence-electron chi connectivity index (χ2n) is 6.19. The molecule has 5 nitrogen and oxygen atoms in total. The first-order valence-electron chi connectivity index (χ1n) is 8.09. The van der Waals surface area contributed by atoms with Crippen LogP contribution < -0.4 is 4.90 Å². The number of carbonyl (C=O) groups is 1. The standard InChI is InChI=1S/C18H21FN4O/c1-13-7-9-17(21-20-13)23-11-15(12-23)22(2)18(24)10-8-14-5-3-4-6-16(14)19/h3-7,9,15H,8,10-12H2,1-2H3. The molecular formula is C18H21FN4O. The van der Waals surface area contributed by atoms with E-state index < -0.39 is 0 Å². The molecule has 6 heteroatoms. The molecule has 1 fully saturated rings. The molecule has 24 heavy (non-hydrogen) atoms. The molecule has 1 aromatic carbocycles. The van der Waals surface area contributed by atoms with Crippen molar-refractivity contribution >= 4 is 11.7 Å². The van der Waals surface area contributed by atoms with Crippen molar-refractivity contribution in [2.24, 2.45) is 0 Å². The predicted molar refractivity (Wildman–Crippen MR) is 90.3 cm³/mol. The van der Waals surface area contributed by atoms with Gasteiger partial charge < -0.3 is 9.80 Å². The third-order valence-corrected chi connectivity index (χ3v) is 4.48. The average molecular weight is 328 g/mol. The Bertz CT molecular complexity index is 713. The van der Waals surface area contributed by atoms with E-state index in [9.17, 15) is 9.18 Å². The fraction of sp³-hybridized carbons (Fsp3) is 0.389. The second-order valence-corrected chi connectivity index (χ2v) is 6.19. The summed E-state index contributed by atoms with van der Waals surface area (Å²) in [6, 6.07) is 10.6. The van der Waals surface area contributed by atoms with Gasteiger partial charge in [-0.25, -0.2) is 4.39 Å². The number of anilines is 1.